The minimum Gasteiger partial charge on any atom is -0.370 e. The van der Waals surface area contributed by atoms with Crippen molar-refractivity contribution in [1.82, 2.24) is 5.32 Å². The third kappa shape index (κ3) is 9.73. The Morgan fingerprint density at radius 2 is 1.80 bits per heavy atom. The van der Waals surface area contributed by atoms with Crippen LogP contribution in [-0.2, 0) is 4.79 Å². The lowest BCUT2D eigenvalue weighted by molar-refractivity contribution is -0.118. The summed E-state index contributed by atoms with van der Waals surface area (Å²) in [5.41, 5.74) is 5.07. The van der Waals surface area contributed by atoms with Crippen molar-refractivity contribution in [3.05, 3.63) is 0 Å². The zero-order valence-electron chi connectivity index (χ0n) is 10.2. The number of carbonyl (C=O) groups excluding carboxylic acids is 1. The van der Waals surface area contributed by atoms with Gasteiger partial charge in [0.05, 0.1) is 0 Å². The van der Waals surface area contributed by atoms with Crippen molar-refractivity contribution >= 4 is 5.91 Å². The standard InChI is InChI=1S/C12H26N2O/c1-3-7-11(8-4-2)14-10-6-5-9-12(13)15/h11,14H,3-10H2,1-2H3,(H2,13,15). The second kappa shape index (κ2) is 9.97. The number of hydrogen-bond acceptors (Lipinski definition) is 2. The molecule has 0 rings (SSSR count). The van der Waals surface area contributed by atoms with E-state index in [2.05, 4.69) is 19.2 Å². The molecule has 0 aliphatic heterocycles. The van der Waals surface area contributed by atoms with Gasteiger partial charge in [0.15, 0.2) is 0 Å². The van der Waals surface area contributed by atoms with Crippen LogP contribution in [0, 0.1) is 0 Å². The zero-order chi connectivity index (χ0) is 11.5. The minimum atomic E-state index is -0.186. The summed E-state index contributed by atoms with van der Waals surface area (Å²) in [7, 11) is 0. The number of nitrogens with one attached hydrogen (secondary N) is 1. The van der Waals surface area contributed by atoms with Crippen molar-refractivity contribution in [1.29, 1.82) is 0 Å². The highest BCUT2D eigenvalue weighted by Gasteiger charge is 2.04. The highest BCUT2D eigenvalue weighted by molar-refractivity contribution is 5.73. The first-order valence-electron chi connectivity index (χ1n) is 6.22. The van der Waals surface area contributed by atoms with Crippen molar-refractivity contribution in [3.8, 4) is 0 Å². The van der Waals surface area contributed by atoms with E-state index < -0.39 is 0 Å². The predicted octanol–water partition coefficient (Wildman–Crippen LogP) is 2.20. The lowest BCUT2D eigenvalue weighted by Crippen LogP contribution is -2.29. The van der Waals surface area contributed by atoms with Crippen LogP contribution in [0.1, 0.15) is 58.8 Å². The van der Waals surface area contributed by atoms with Crippen LogP contribution in [0.2, 0.25) is 0 Å². The van der Waals surface area contributed by atoms with Crippen LogP contribution in [0.3, 0.4) is 0 Å². The number of carbonyl (C=O) groups is 1. The molecular formula is C12H26N2O. The fraction of sp³-hybridized carbons (Fsp3) is 0.917. The second-order valence-corrected chi connectivity index (χ2v) is 4.15. The molecule has 0 saturated carbocycles. The van der Waals surface area contributed by atoms with Gasteiger partial charge in [-0.15, -0.1) is 0 Å². The SMILES string of the molecule is CCCC(CCC)NCCCCC(N)=O. The Labute approximate surface area is 93.8 Å². The van der Waals surface area contributed by atoms with Gasteiger partial charge in [0.2, 0.25) is 5.91 Å². The van der Waals surface area contributed by atoms with Crippen molar-refractivity contribution in [2.45, 2.75) is 64.8 Å². The van der Waals surface area contributed by atoms with Crippen LogP contribution in [0.4, 0.5) is 0 Å². The molecule has 0 heterocycles. The average Bonchev–Trinajstić information content (AvgIpc) is 2.17. The molecule has 0 unspecified atom stereocenters. The van der Waals surface area contributed by atoms with E-state index in [1.54, 1.807) is 0 Å². The van der Waals surface area contributed by atoms with Gasteiger partial charge in [-0.25, -0.2) is 0 Å². The molecule has 0 radical (unpaired) electrons. The fourth-order valence-electron chi connectivity index (χ4n) is 1.78. The molecule has 15 heavy (non-hydrogen) atoms. The lowest BCUT2D eigenvalue weighted by atomic mass is 10.1. The summed E-state index contributed by atoms with van der Waals surface area (Å²) >= 11 is 0. The van der Waals surface area contributed by atoms with E-state index in [-0.39, 0.29) is 5.91 Å². The third-order valence-electron chi connectivity index (χ3n) is 2.56. The van der Waals surface area contributed by atoms with Crippen LogP contribution < -0.4 is 11.1 Å². The fourth-order valence-corrected chi connectivity index (χ4v) is 1.78. The van der Waals surface area contributed by atoms with Crippen LogP contribution in [0.15, 0.2) is 0 Å². The highest BCUT2D eigenvalue weighted by Crippen LogP contribution is 2.04. The Hall–Kier alpha value is -0.570. The molecule has 0 saturated heterocycles. The summed E-state index contributed by atoms with van der Waals surface area (Å²) in [4.78, 5) is 10.5. The van der Waals surface area contributed by atoms with Gasteiger partial charge in [0, 0.05) is 12.5 Å². The molecule has 0 fully saturated rings. The van der Waals surface area contributed by atoms with E-state index in [9.17, 15) is 4.79 Å². The van der Waals surface area contributed by atoms with E-state index in [1.807, 2.05) is 0 Å². The molecule has 3 N–H and O–H groups in total. The maximum absolute atomic E-state index is 10.5. The molecule has 0 bridgehead atoms. The number of amides is 1. The third-order valence-corrected chi connectivity index (χ3v) is 2.56. The first-order valence-corrected chi connectivity index (χ1v) is 6.22. The van der Waals surface area contributed by atoms with Gasteiger partial charge >= 0.3 is 0 Å². The van der Waals surface area contributed by atoms with Gasteiger partial charge in [0.1, 0.15) is 0 Å². The van der Waals surface area contributed by atoms with Crippen LogP contribution in [-0.4, -0.2) is 18.5 Å². The van der Waals surface area contributed by atoms with E-state index in [1.165, 1.54) is 25.7 Å². The van der Waals surface area contributed by atoms with E-state index in [0.29, 0.717) is 12.5 Å². The first kappa shape index (κ1) is 14.4. The molecule has 3 heteroatoms. The molecule has 0 aromatic rings. The molecule has 0 aliphatic rings. The molecular weight excluding hydrogens is 188 g/mol. The van der Waals surface area contributed by atoms with Gasteiger partial charge < -0.3 is 11.1 Å². The first-order chi connectivity index (χ1) is 7.20. The number of unbranched alkanes of at least 4 members (excludes halogenated alkanes) is 1. The Balaban J connectivity index is 3.39. The van der Waals surface area contributed by atoms with Crippen LogP contribution in [0.5, 0.6) is 0 Å². The predicted molar refractivity (Wildman–Crippen MR) is 64.7 cm³/mol. The largest absolute Gasteiger partial charge is 0.370 e. The Bertz CT molecular complexity index is 154. The normalized spacial score (nSPS) is 10.9. The molecule has 3 nitrogen and oxygen atoms in total. The van der Waals surface area contributed by atoms with E-state index >= 15 is 0 Å². The van der Waals surface area contributed by atoms with Gasteiger partial charge in [-0.1, -0.05) is 26.7 Å². The second-order valence-electron chi connectivity index (χ2n) is 4.15. The Morgan fingerprint density at radius 3 is 2.27 bits per heavy atom. The summed E-state index contributed by atoms with van der Waals surface area (Å²) in [5, 5.41) is 3.54. The summed E-state index contributed by atoms with van der Waals surface area (Å²) in [5.74, 6) is -0.186. The lowest BCUT2D eigenvalue weighted by Gasteiger charge is -2.16. The summed E-state index contributed by atoms with van der Waals surface area (Å²) in [6.07, 6.45) is 7.46. The summed E-state index contributed by atoms with van der Waals surface area (Å²) in [6.45, 7) is 5.45. The van der Waals surface area contributed by atoms with Crippen LogP contribution >= 0.6 is 0 Å². The van der Waals surface area contributed by atoms with Crippen LogP contribution in [0.25, 0.3) is 0 Å². The van der Waals surface area contributed by atoms with Crippen molar-refractivity contribution in [2.24, 2.45) is 5.73 Å². The van der Waals surface area contributed by atoms with Crippen molar-refractivity contribution in [2.75, 3.05) is 6.54 Å². The molecule has 0 atom stereocenters. The quantitative estimate of drug-likeness (QED) is 0.548. The molecule has 0 aromatic carbocycles. The van der Waals surface area contributed by atoms with E-state index in [4.69, 9.17) is 5.73 Å². The molecule has 90 valence electrons. The maximum atomic E-state index is 10.5. The molecule has 0 aromatic heterocycles. The summed E-state index contributed by atoms with van der Waals surface area (Å²) in [6, 6.07) is 0.661. The van der Waals surface area contributed by atoms with Crippen molar-refractivity contribution < 1.29 is 4.79 Å². The number of hydrogen-bond donors (Lipinski definition) is 2. The smallest absolute Gasteiger partial charge is 0.217 e. The van der Waals surface area contributed by atoms with Gasteiger partial charge in [0.25, 0.3) is 0 Å². The molecule has 1 amide bonds. The minimum absolute atomic E-state index is 0.186. The molecule has 0 aliphatic carbocycles. The zero-order valence-corrected chi connectivity index (χ0v) is 10.2. The Morgan fingerprint density at radius 1 is 1.20 bits per heavy atom. The van der Waals surface area contributed by atoms with E-state index in [0.717, 1.165) is 19.4 Å². The topological polar surface area (TPSA) is 55.1 Å². The average molecular weight is 214 g/mol. The maximum Gasteiger partial charge on any atom is 0.217 e. The van der Waals surface area contributed by atoms with Gasteiger partial charge in [-0.05, 0) is 32.2 Å². The number of rotatable bonds is 10. The Kier molecular flexibility index (Phi) is 9.59. The van der Waals surface area contributed by atoms with Crippen molar-refractivity contribution in [3.63, 3.8) is 0 Å². The number of primary amides is 1. The number of nitrogens with two attached hydrogens (primary N) is 1. The van der Waals surface area contributed by atoms with Gasteiger partial charge in [-0.2, -0.15) is 0 Å². The van der Waals surface area contributed by atoms with Gasteiger partial charge in [-0.3, -0.25) is 4.79 Å². The molecule has 0 spiro atoms. The summed E-state index contributed by atoms with van der Waals surface area (Å²) < 4.78 is 0. The monoisotopic (exact) mass is 214 g/mol. The highest BCUT2D eigenvalue weighted by atomic mass is 16.1.